The Morgan fingerprint density at radius 3 is 2.45 bits per heavy atom. The van der Waals surface area contributed by atoms with Gasteiger partial charge in [-0.25, -0.2) is 8.78 Å². The number of ketones is 1. The van der Waals surface area contributed by atoms with Crippen LogP contribution in [0.5, 0.6) is 0 Å². The molecule has 0 spiro atoms. The summed E-state index contributed by atoms with van der Waals surface area (Å²) in [4.78, 5) is 81.6. The predicted octanol–water partition coefficient (Wildman–Crippen LogP) is 1.84. The standard InChI is InChI=1S/C40H57F2N11O5/c1-27(2)37(57)33(8-6-14-46-39(44)49(3)4)48-34(54)11-12-35(55)52-20-18-51(19-21-52)17-7-16-50(5)28-9-10-32-31(22-28)30(13-15-45-32)38(58)47-25-36(56)53-26-40(41,42)23-29(53)24-43/h9-10,13,15,22,27,29,33H,6-8,11-12,14,16-21,23,25-26H2,1-5H3,(H2,44,46)(H,47,58)(H,48,54)/t29-,33-/m0/s1. The van der Waals surface area contributed by atoms with Crippen molar-refractivity contribution in [3.05, 3.63) is 36.0 Å². The Bertz CT molecular complexity index is 1860. The van der Waals surface area contributed by atoms with Crippen LogP contribution in [0.25, 0.3) is 10.9 Å². The number of carbonyl (C=O) groups is 5. The van der Waals surface area contributed by atoms with Crippen LogP contribution in [0, 0.1) is 17.2 Å². The summed E-state index contributed by atoms with van der Waals surface area (Å²) in [5.41, 5.74) is 7.53. The molecule has 1 aromatic carbocycles. The smallest absolute Gasteiger partial charge is 0.268 e. The fourth-order valence-electron chi connectivity index (χ4n) is 6.96. The van der Waals surface area contributed by atoms with Crippen LogP contribution < -0.4 is 21.3 Å². The van der Waals surface area contributed by atoms with Crippen LogP contribution in [-0.4, -0.2) is 158 Å². The molecule has 18 heteroatoms. The third-order valence-corrected chi connectivity index (χ3v) is 10.4. The highest BCUT2D eigenvalue weighted by Crippen LogP contribution is 2.31. The normalized spacial score (nSPS) is 17.5. The van der Waals surface area contributed by atoms with Gasteiger partial charge in [-0.3, -0.25) is 38.8 Å². The predicted molar refractivity (Wildman–Crippen MR) is 216 cm³/mol. The first-order valence-corrected chi connectivity index (χ1v) is 19.7. The molecule has 2 aliphatic rings. The SMILES string of the molecule is CC(C)C(=O)[C@H](CCCN=C(N)N(C)C)NC(=O)CCC(=O)N1CCN(CCCN(C)c2ccc3nccc(C(=O)NCC(=O)N4CC(F)(F)C[C@H]4C#N)c3c2)CC1. The van der Waals surface area contributed by atoms with Crippen LogP contribution in [0.1, 0.15) is 62.7 Å². The number of nitrogens with zero attached hydrogens (tertiary/aromatic N) is 8. The topological polar surface area (TPSA) is 201 Å². The van der Waals surface area contributed by atoms with Gasteiger partial charge in [-0.05, 0) is 50.1 Å². The quantitative estimate of drug-likeness (QED) is 0.113. The van der Waals surface area contributed by atoms with Gasteiger partial charge in [-0.15, -0.1) is 0 Å². The maximum absolute atomic E-state index is 13.8. The number of guanidine groups is 1. The molecule has 4 amide bonds. The molecule has 3 heterocycles. The van der Waals surface area contributed by atoms with E-state index in [1.54, 1.807) is 49.9 Å². The number of piperazine rings is 1. The largest absolute Gasteiger partial charge is 0.375 e. The first kappa shape index (κ1) is 45.3. The zero-order valence-electron chi connectivity index (χ0n) is 34.2. The van der Waals surface area contributed by atoms with Gasteiger partial charge in [-0.2, -0.15) is 5.26 Å². The number of rotatable bonds is 18. The fourth-order valence-corrected chi connectivity index (χ4v) is 6.96. The Hall–Kier alpha value is -5.44. The molecule has 2 aliphatic heterocycles. The first-order chi connectivity index (χ1) is 27.5. The van der Waals surface area contributed by atoms with Crippen molar-refractivity contribution < 1.29 is 32.8 Å². The molecule has 4 rings (SSSR count). The minimum Gasteiger partial charge on any atom is -0.375 e. The fraction of sp³-hybridized carbons (Fsp3) is 0.600. The van der Waals surface area contributed by atoms with Gasteiger partial charge in [0.25, 0.3) is 11.8 Å². The number of nitrogens with one attached hydrogen (secondary N) is 2. The van der Waals surface area contributed by atoms with E-state index in [2.05, 4.69) is 30.4 Å². The number of hydrogen-bond donors (Lipinski definition) is 3. The van der Waals surface area contributed by atoms with Gasteiger partial charge in [0.15, 0.2) is 11.7 Å². The van der Waals surface area contributed by atoms with Crippen LogP contribution in [0.15, 0.2) is 35.5 Å². The lowest BCUT2D eigenvalue weighted by Crippen LogP contribution is -2.49. The van der Waals surface area contributed by atoms with Crippen LogP contribution in [0.3, 0.4) is 0 Å². The number of hydrogen-bond acceptors (Lipinski definition) is 10. The number of halogens is 2. The number of fused-ring (bicyclic) bond motifs is 1. The van der Waals surface area contributed by atoms with Gasteiger partial charge in [0, 0.05) is 103 Å². The van der Waals surface area contributed by atoms with E-state index in [0.717, 1.165) is 23.6 Å². The van der Waals surface area contributed by atoms with E-state index >= 15 is 0 Å². The second-order valence-corrected chi connectivity index (χ2v) is 15.4. The van der Waals surface area contributed by atoms with E-state index in [9.17, 15) is 38.0 Å². The van der Waals surface area contributed by atoms with Crippen molar-refractivity contribution in [2.45, 2.75) is 70.4 Å². The average Bonchev–Trinajstić information content (AvgIpc) is 3.53. The Morgan fingerprint density at radius 2 is 1.78 bits per heavy atom. The summed E-state index contributed by atoms with van der Waals surface area (Å²) in [6.45, 7) is 6.67. The molecule has 0 aliphatic carbocycles. The van der Waals surface area contributed by atoms with Gasteiger partial charge >= 0.3 is 0 Å². The van der Waals surface area contributed by atoms with Crippen molar-refractivity contribution in [1.82, 2.24) is 35.2 Å². The first-order valence-electron chi connectivity index (χ1n) is 19.7. The molecule has 2 aromatic rings. The van der Waals surface area contributed by atoms with Gasteiger partial charge in [0.1, 0.15) is 6.04 Å². The van der Waals surface area contributed by atoms with Crippen LogP contribution in [0.2, 0.25) is 0 Å². The number of Topliss-reactive ketones (excluding diaryl/α,β-unsaturated/α-hetero) is 1. The second-order valence-electron chi connectivity index (χ2n) is 15.4. The molecule has 58 heavy (non-hydrogen) atoms. The molecule has 0 bridgehead atoms. The highest BCUT2D eigenvalue weighted by atomic mass is 19.3. The molecule has 2 saturated heterocycles. The minimum absolute atomic E-state index is 0.00186. The molecule has 2 fully saturated rings. The number of anilines is 1. The minimum atomic E-state index is -3.15. The molecule has 2 atom stereocenters. The van der Waals surface area contributed by atoms with E-state index in [-0.39, 0.29) is 41.9 Å². The van der Waals surface area contributed by atoms with Crippen molar-refractivity contribution >= 4 is 52.0 Å². The summed E-state index contributed by atoms with van der Waals surface area (Å²) < 4.78 is 27.6. The van der Waals surface area contributed by atoms with Crippen molar-refractivity contribution in [1.29, 1.82) is 5.26 Å². The van der Waals surface area contributed by atoms with Gasteiger partial charge in [-0.1, -0.05) is 13.8 Å². The number of carbonyl (C=O) groups excluding carboxylic acids is 5. The number of aliphatic imine (C=N–C) groups is 1. The number of benzene rings is 1. The van der Waals surface area contributed by atoms with Crippen molar-refractivity contribution in [3.8, 4) is 6.07 Å². The third-order valence-electron chi connectivity index (χ3n) is 10.4. The molecule has 0 radical (unpaired) electrons. The molecular formula is C40H57F2N11O5. The van der Waals surface area contributed by atoms with E-state index in [1.165, 1.54) is 12.3 Å². The number of alkyl halides is 2. The molecular weight excluding hydrogens is 753 g/mol. The Kier molecular flexibility index (Phi) is 16.3. The van der Waals surface area contributed by atoms with Crippen molar-refractivity contribution in [2.24, 2.45) is 16.6 Å². The number of aromatic nitrogens is 1. The molecule has 0 saturated carbocycles. The number of pyridine rings is 1. The average molecular weight is 810 g/mol. The lowest BCUT2D eigenvalue weighted by atomic mass is 9.97. The van der Waals surface area contributed by atoms with Crippen LogP contribution in [-0.2, 0) is 19.2 Å². The maximum atomic E-state index is 13.8. The van der Waals surface area contributed by atoms with Gasteiger partial charge < -0.3 is 36.0 Å². The Morgan fingerprint density at radius 1 is 1.05 bits per heavy atom. The summed E-state index contributed by atoms with van der Waals surface area (Å²) in [6, 6.07) is 6.93. The molecule has 1 aromatic heterocycles. The lowest BCUT2D eigenvalue weighted by molar-refractivity contribution is -0.135. The monoisotopic (exact) mass is 809 g/mol. The van der Waals surface area contributed by atoms with E-state index < -0.39 is 49.3 Å². The van der Waals surface area contributed by atoms with Crippen LogP contribution >= 0.6 is 0 Å². The van der Waals surface area contributed by atoms with E-state index in [1.807, 2.05) is 19.2 Å². The summed E-state index contributed by atoms with van der Waals surface area (Å²) in [5, 5.41) is 15.1. The number of likely N-dealkylation sites (tertiary alicyclic amines) is 1. The zero-order chi connectivity index (χ0) is 42.6. The molecule has 16 nitrogen and oxygen atoms in total. The van der Waals surface area contributed by atoms with Crippen LogP contribution in [0.4, 0.5) is 14.5 Å². The van der Waals surface area contributed by atoms with Crippen molar-refractivity contribution in [2.75, 3.05) is 84.9 Å². The lowest BCUT2D eigenvalue weighted by Gasteiger charge is -2.35. The maximum Gasteiger partial charge on any atom is 0.268 e. The highest BCUT2D eigenvalue weighted by molar-refractivity contribution is 6.07. The number of amides is 4. The van der Waals surface area contributed by atoms with Crippen molar-refractivity contribution in [3.63, 3.8) is 0 Å². The highest BCUT2D eigenvalue weighted by Gasteiger charge is 2.47. The molecule has 316 valence electrons. The molecule has 4 N–H and O–H groups in total. The molecule has 0 unspecified atom stereocenters. The van der Waals surface area contributed by atoms with E-state index in [0.29, 0.717) is 69.0 Å². The Balaban J connectivity index is 1.19. The number of nitrogens with two attached hydrogens (primary N) is 1. The number of nitriles is 1. The van der Waals surface area contributed by atoms with Gasteiger partial charge in [0.2, 0.25) is 17.7 Å². The summed E-state index contributed by atoms with van der Waals surface area (Å²) in [5.74, 6) is -4.80. The summed E-state index contributed by atoms with van der Waals surface area (Å²) in [6.07, 6.45) is 2.66. The van der Waals surface area contributed by atoms with Gasteiger partial charge in [0.05, 0.1) is 36.3 Å². The summed E-state index contributed by atoms with van der Waals surface area (Å²) >= 11 is 0. The zero-order valence-corrected chi connectivity index (χ0v) is 34.2. The van der Waals surface area contributed by atoms with E-state index in [4.69, 9.17) is 5.73 Å². The Labute approximate surface area is 338 Å². The summed E-state index contributed by atoms with van der Waals surface area (Å²) in [7, 11) is 5.53. The second kappa shape index (κ2) is 20.8. The third kappa shape index (κ3) is 12.8.